The fourth-order valence-corrected chi connectivity index (χ4v) is 3.92. The van der Waals surface area contributed by atoms with Crippen LogP contribution in [0.15, 0.2) is 24.5 Å². The van der Waals surface area contributed by atoms with Crippen molar-refractivity contribution in [3.63, 3.8) is 0 Å². The summed E-state index contributed by atoms with van der Waals surface area (Å²) < 4.78 is 38.3. The van der Waals surface area contributed by atoms with Gasteiger partial charge in [0.05, 0.1) is 6.42 Å². The topological polar surface area (TPSA) is 41.9 Å². The van der Waals surface area contributed by atoms with Crippen LogP contribution < -0.4 is 4.90 Å². The molecule has 0 N–H and O–H groups in total. The molecule has 2 aliphatic rings. The molecule has 0 spiro atoms. The Hall–Kier alpha value is -2.18. The summed E-state index contributed by atoms with van der Waals surface area (Å²) >= 11 is 0. The van der Waals surface area contributed by atoms with Gasteiger partial charge in [-0.05, 0) is 31.4 Å². The van der Waals surface area contributed by atoms with Gasteiger partial charge >= 0.3 is 6.18 Å². The molecule has 1 aliphatic carbocycles. The normalized spacial score (nSPS) is 18.8. The van der Waals surface area contributed by atoms with Gasteiger partial charge in [0.15, 0.2) is 5.82 Å². The molecule has 0 saturated carbocycles. The number of fused-ring (bicyclic) bond motifs is 1. The Kier molecular flexibility index (Phi) is 3.70. The first-order valence-electron chi connectivity index (χ1n) is 8.45. The Morgan fingerprint density at radius 3 is 2.68 bits per heavy atom. The Bertz CT molecular complexity index is 783. The van der Waals surface area contributed by atoms with E-state index >= 15 is 0 Å². The fraction of sp³-hybridized carbons (Fsp3) is 0.500. The van der Waals surface area contributed by atoms with Crippen LogP contribution in [0.4, 0.5) is 19.0 Å². The second-order valence-electron chi connectivity index (χ2n) is 7.35. The molecule has 0 amide bonds. The molecule has 7 heteroatoms. The maximum atomic E-state index is 12.8. The van der Waals surface area contributed by atoms with E-state index in [1.54, 1.807) is 19.3 Å². The summed E-state index contributed by atoms with van der Waals surface area (Å²) in [5.41, 5.74) is 2.22. The van der Waals surface area contributed by atoms with Gasteiger partial charge in [0.2, 0.25) is 0 Å². The Morgan fingerprint density at radius 2 is 2.00 bits per heavy atom. The molecular formula is C18H19F3N4. The van der Waals surface area contributed by atoms with Crippen molar-refractivity contribution >= 4 is 5.82 Å². The van der Waals surface area contributed by atoms with Crippen LogP contribution in [0, 0.1) is 5.41 Å². The smallest absolute Gasteiger partial charge is 0.355 e. The van der Waals surface area contributed by atoms with E-state index in [2.05, 4.69) is 9.97 Å². The Morgan fingerprint density at radius 1 is 1.20 bits per heavy atom. The number of rotatable bonds is 3. The predicted octanol–water partition coefficient (Wildman–Crippen LogP) is 3.81. The standard InChI is InChI=1S/C18H19F3N4/c1-17(9-18(19,20)21)10-25(11-17)16-13-5-2-6-14(13)23-15(24-16)12-4-3-7-22-8-12/h3-4,7-8H,2,5-6,9-11H2,1H3. The van der Waals surface area contributed by atoms with E-state index in [1.807, 2.05) is 17.0 Å². The third kappa shape index (κ3) is 3.19. The van der Waals surface area contributed by atoms with Gasteiger partial charge in [-0.15, -0.1) is 0 Å². The van der Waals surface area contributed by atoms with Crippen molar-refractivity contribution in [3.05, 3.63) is 35.8 Å². The summed E-state index contributed by atoms with van der Waals surface area (Å²) in [6.45, 7) is 2.45. The lowest BCUT2D eigenvalue weighted by molar-refractivity contribution is -0.159. The lowest BCUT2D eigenvalue weighted by Gasteiger charge is -2.49. The van der Waals surface area contributed by atoms with Crippen LogP contribution in [0.1, 0.15) is 31.0 Å². The van der Waals surface area contributed by atoms with E-state index in [4.69, 9.17) is 4.98 Å². The number of hydrogen-bond donors (Lipinski definition) is 0. The first-order valence-corrected chi connectivity index (χ1v) is 8.45. The van der Waals surface area contributed by atoms with Crippen molar-refractivity contribution in [2.75, 3.05) is 18.0 Å². The Labute approximate surface area is 144 Å². The van der Waals surface area contributed by atoms with E-state index in [1.165, 1.54) is 0 Å². The monoisotopic (exact) mass is 348 g/mol. The van der Waals surface area contributed by atoms with E-state index in [0.717, 1.165) is 41.9 Å². The van der Waals surface area contributed by atoms with Crippen molar-refractivity contribution in [2.45, 2.75) is 38.8 Å². The summed E-state index contributed by atoms with van der Waals surface area (Å²) in [6.07, 6.45) is 1.33. The van der Waals surface area contributed by atoms with Crippen LogP contribution in [0.5, 0.6) is 0 Å². The van der Waals surface area contributed by atoms with Crippen molar-refractivity contribution in [3.8, 4) is 11.4 Å². The maximum Gasteiger partial charge on any atom is 0.389 e. The molecule has 0 aromatic carbocycles. The zero-order valence-corrected chi connectivity index (χ0v) is 14.0. The molecule has 3 heterocycles. The van der Waals surface area contributed by atoms with Crippen molar-refractivity contribution in [1.29, 1.82) is 0 Å². The molecule has 2 aromatic rings. The lowest BCUT2D eigenvalue weighted by atomic mass is 9.78. The molecule has 1 fully saturated rings. The van der Waals surface area contributed by atoms with Crippen molar-refractivity contribution in [1.82, 2.24) is 15.0 Å². The number of pyridine rings is 1. The molecule has 1 saturated heterocycles. The highest BCUT2D eigenvalue weighted by Crippen LogP contribution is 2.44. The summed E-state index contributed by atoms with van der Waals surface area (Å²) in [6, 6.07) is 3.73. The van der Waals surface area contributed by atoms with Crippen molar-refractivity contribution in [2.24, 2.45) is 5.41 Å². The van der Waals surface area contributed by atoms with Gasteiger partial charge in [-0.3, -0.25) is 4.98 Å². The molecule has 132 valence electrons. The summed E-state index contributed by atoms with van der Waals surface area (Å²) in [4.78, 5) is 15.4. The predicted molar refractivity (Wildman–Crippen MR) is 88.3 cm³/mol. The molecular weight excluding hydrogens is 329 g/mol. The average Bonchev–Trinajstić information content (AvgIpc) is 2.99. The van der Waals surface area contributed by atoms with Crippen LogP contribution >= 0.6 is 0 Å². The minimum atomic E-state index is -4.13. The van der Waals surface area contributed by atoms with E-state index < -0.39 is 18.0 Å². The SMILES string of the molecule is CC1(CC(F)(F)F)CN(c2nc(-c3cccnc3)nc3c2CCC3)C1. The minimum Gasteiger partial charge on any atom is -0.355 e. The number of halogens is 3. The van der Waals surface area contributed by atoms with Gasteiger partial charge in [-0.25, -0.2) is 9.97 Å². The highest BCUT2D eigenvalue weighted by Gasteiger charge is 2.48. The molecule has 0 radical (unpaired) electrons. The molecule has 4 nitrogen and oxygen atoms in total. The quantitative estimate of drug-likeness (QED) is 0.846. The fourth-order valence-electron chi connectivity index (χ4n) is 3.92. The second kappa shape index (κ2) is 5.68. The number of nitrogens with zero attached hydrogens (tertiary/aromatic N) is 4. The molecule has 1 aliphatic heterocycles. The minimum absolute atomic E-state index is 0.377. The third-order valence-corrected chi connectivity index (χ3v) is 4.90. The number of anilines is 1. The zero-order valence-electron chi connectivity index (χ0n) is 14.0. The van der Waals surface area contributed by atoms with E-state index in [-0.39, 0.29) is 0 Å². The molecule has 0 bridgehead atoms. The van der Waals surface area contributed by atoms with Crippen molar-refractivity contribution < 1.29 is 13.2 Å². The van der Waals surface area contributed by atoms with Crippen LogP contribution in [0.2, 0.25) is 0 Å². The van der Waals surface area contributed by atoms with Gasteiger partial charge in [0.1, 0.15) is 5.82 Å². The molecule has 25 heavy (non-hydrogen) atoms. The third-order valence-electron chi connectivity index (χ3n) is 4.90. The number of aromatic nitrogens is 3. The first kappa shape index (κ1) is 16.3. The average molecular weight is 348 g/mol. The number of aryl methyl sites for hydroxylation is 1. The van der Waals surface area contributed by atoms with E-state index in [9.17, 15) is 13.2 Å². The van der Waals surface area contributed by atoms with E-state index in [0.29, 0.717) is 18.9 Å². The number of alkyl halides is 3. The Balaban J connectivity index is 1.64. The largest absolute Gasteiger partial charge is 0.389 e. The summed E-state index contributed by atoms with van der Waals surface area (Å²) in [7, 11) is 0. The molecule has 2 aromatic heterocycles. The van der Waals surface area contributed by atoms with Crippen LogP contribution in [0.25, 0.3) is 11.4 Å². The van der Waals surface area contributed by atoms with Gasteiger partial charge in [0, 0.05) is 47.7 Å². The lowest BCUT2D eigenvalue weighted by Crippen LogP contribution is -2.57. The van der Waals surface area contributed by atoms with Crippen LogP contribution in [0.3, 0.4) is 0 Å². The van der Waals surface area contributed by atoms with Gasteiger partial charge in [-0.2, -0.15) is 13.2 Å². The zero-order chi connectivity index (χ0) is 17.7. The summed E-state index contributed by atoms with van der Waals surface area (Å²) in [5.74, 6) is 1.41. The highest BCUT2D eigenvalue weighted by atomic mass is 19.4. The molecule has 0 atom stereocenters. The van der Waals surface area contributed by atoms with Crippen LogP contribution in [-0.2, 0) is 12.8 Å². The highest BCUT2D eigenvalue weighted by molar-refractivity contribution is 5.61. The second-order valence-corrected chi connectivity index (χ2v) is 7.35. The van der Waals surface area contributed by atoms with Gasteiger partial charge < -0.3 is 4.90 Å². The van der Waals surface area contributed by atoms with Gasteiger partial charge in [0.25, 0.3) is 0 Å². The van der Waals surface area contributed by atoms with Crippen LogP contribution in [-0.4, -0.2) is 34.2 Å². The van der Waals surface area contributed by atoms with Gasteiger partial charge in [-0.1, -0.05) is 6.92 Å². The maximum absolute atomic E-state index is 12.8. The summed E-state index contributed by atoms with van der Waals surface area (Å²) in [5, 5.41) is 0. The molecule has 4 rings (SSSR count). The first-order chi connectivity index (χ1) is 11.8. The molecule has 0 unspecified atom stereocenters. The number of hydrogen-bond acceptors (Lipinski definition) is 4.